The third-order valence-electron chi connectivity index (χ3n) is 4.95. The number of nitrogens with one attached hydrogen (secondary N) is 1. The third kappa shape index (κ3) is 5.10. The summed E-state index contributed by atoms with van der Waals surface area (Å²) >= 11 is 5.46. The van der Waals surface area contributed by atoms with Gasteiger partial charge in [-0.25, -0.2) is 14.5 Å². The predicted molar refractivity (Wildman–Crippen MR) is 138 cm³/mol. The number of hydrogen-bond acceptors (Lipinski definition) is 5. The highest BCUT2D eigenvalue weighted by molar-refractivity contribution is 14.1. The van der Waals surface area contributed by atoms with E-state index in [2.05, 4.69) is 43.8 Å². The molecule has 3 aromatic rings. The van der Waals surface area contributed by atoms with Crippen LogP contribution in [0.2, 0.25) is 0 Å². The normalized spacial score (nSPS) is 14.9. The lowest BCUT2D eigenvalue weighted by molar-refractivity contribution is -0.122. The molecule has 7 nitrogen and oxygen atoms in total. The van der Waals surface area contributed by atoms with Crippen molar-refractivity contribution in [2.24, 2.45) is 0 Å². The van der Waals surface area contributed by atoms with Gasteiger partial charge in [0.1, 0.15) is 11.3 Å². The van der Waals surface area contributed by atoms with Crippen molar-refractivity contribution < 1.29 is 23.9 Å². The molecule has 0 unspecified atom stereocenters. The summed E-state index contributed by atoms with van der Waals surface area (Å²) in [6.45, 7) is 1.91. The zero-order valence-electron chi connectivity index (χ0n) is 17.7. The minimum Gasteiger partial charge on any atom is -0.422 e. The Morgan fingerprint density at radius 1 is 1.00 bits per heavy atom. The Morgan fingerprint density at radius 2 is 1.68 bits per heavy atom. The zero-order chi connectivity index (χ0) is 24.4. The van der Waals surface area contributed by atoms with Gasteiger partial charge in [-0.05, 0) is 90.2 Å². The SMILES string of the molecule is Cc1ccc(C(=O)Oc2ccc(Br)cc2/C=C2/C(=O)NC(=O)N(c3ccc(I)cc3)C2=O)cc1. The number of rotatable bonds is 4. The van der Waals surface area contributed by atoms with Crippen LogP contribution in [0.1, 0.15) is 21.5 Å². The smallest absolute Gasteiger partial charge is 0.343 e. The van der Waals surface area contributed by atoms with E-state index in [0.29, 0.717) is 21.3 Å². The summed E-state index contributed by atoms with van der Waals surface area (Å²) < 4.78 is 7.12. The van der Waals surface area contributed by atoms with Crippen molar-refractivity contribution >= 4 is 74.1 Å². The largest absolute Gasteiger partial charge is 0.422 e. The molecule has 1 fully saturated rings. The van der Waals surface area contributed by atoms with Gasteiger partial charge in [-0.2, -0.15) is 0 Å². The minimum absolute atomic E-state index is 0.152. The second-order valence-corrected chi connectivity index (χ2v) is 9.53. The van der Waals surface area contributed by atoms with E-state index >= 15 is 0 Å². The van der Waals surface area contributed by atoms with Crippen molar-refractivity contribution in [3.63, 3.8) is 0 Å². The highest BCUT2D eigenvalue weighted by Gasteiger charge is 2.37. The molecule has 1 aliphatic heterocycles. The van der Waals surface area contributed by atoms with Crippen LogP contribution in [0, 0.1) is 10.5 Å². The lowest BCUT2D eigenvalue weighted by atomic mass is 10.1. The van der Waals surface area contributed by atoms with E-state index < -0.39 is 23.8 Å². The first-order valence-electron chi connectivity index (χ1n) is 9.98. The molecular weight excluding hydrogens is 615 g/mol. The molecule has 34 heavy (non-hydrogen) atoms. The van der Waals surface area contributed by atoms with Gasteiger partial charge in [0.2, 0.25) is 0 Å². The highest BCUT2D eigenvalue weighted by Crippen LogP contribution is 2.29. The van der Waals surface area contributed by atoms with Crippen molar-refractivity contribution in [1.29, 1.82) is 0 Å². The van der Waals surface area contributed by atoms with Gasteiger partial charge in [-0.15, -0.1) is 0 Å². The van der Waals surface area contributed by atoms with Crippen LogP contribution in [-0.2, 0) is 9.59 Å². The number of amides is 4. The monoisotopic (exact) mass is 630 g/mol. The van der Waals surface area contributed by atoms with E-state index in [0.717, 1.165) is 14.0 Å². The van der Waals surface area contributed by atoms with Crippen LogP contribution in [0.3, 0.4) is 0 Å². The van der Waals surface area contributed by atoms with E-state index in [-0.39, 0.29) is 11.3 Å². The number of urea groups is 1. The summed E-state index contributed by atoms with van der Waals surface area (Å²) in [6.07, 6.45) is 1.30. The number of ether oxygens (including phenoxy) is 1. The molecule has 1 aliphatic rings. The summed E-state index contributed by atoms with van der Waals surface area (Å²) in [5, 5.41) is 2.19. The van der Waals surface area contributed by atoms with Gasteiger partial charge in [0.25, 0.3) is 11.8 Å². The molecule has 4 amide bonds. The molecule has 0 atom stereocenters. The number of carbonyl (C=O) groups excluding carboxylic acids is 4. The summed E-state index contributed by atoms with van der Waals surface area (Å²) in [4.78, 5) is 51.7. The van der Waals surface area contributed by atoms with Crippen LogP contribution < -0.4 is 15.0 Å². The van der Waals surface area contributed by atoms with Crippen LogP contribution >= 0.6 is 38.5 Å². The number of aryl methyl sites for hydroxylation is 1. The summed E-state index contributed by atoms with van der Waals surface area (Å²) in [7, 11) is 0. The second-order valence-electron chi connectivity index (χ2n) is 7.37. The first-order valence-corrected chi connectivity index (χ1v) is 11.9. The van der Waals surface area contributed by atoms with Gasteiger partial charge in [0.05, 0.1) is 11.3 Å². The van der Waals surface area contributed by atoms with Gasteiger partial charge in [0.15, 0.2) is 0 Å². The fraction of sp³-hybridized carbons (Fsp3) is 0.0400. The fourth-order valence-corrected chi connectivity index (χ4v) is 3.95. The minimum atomic E-state index is -0.840. The topological polar surface area (TPSA) is 92.8 Å². The Labute approximate surface area is 217 Å². The molecule has 0 bridgehead atoms. The molecule has 4 rings (SSSR count). The third-order valence-corrected chi connectivity index (χ3v) is 6.16. The van der Waals surface area contributed by atoms with E-state index in [1.54, 1.807) is 66.7 Å². The molecule has 170 valence electrons. The number of nitrogens with zero attached hydrogens (tertiary/aromatic N) is 1. The second kappa shape index (κ2) is 9.90. The molecule has 1 heterocycles. The number of anilines is 1. The van der Waals surface area contributed by atoms with Gasteiger partial charge >= 0.3 is 12.0 Å². The Kier molecular flexibility index (Phi) is 6.94. The fourth-order valence-electron chi connectivity index (χ4n) is 3.21. The number of benzene rings is 3. The van der Waals surface area contributed by atoms with Crippen LogP contribution in [0.15, 0.2) is 76.8 Å². The van der Waals surface area contributed by atoms with E-state index in [4.69, 9.17) is 4.74 Å². The number of esters is 1. The maximum Gasteiger partial charge on any atom is 0.343 e. The molecule has 0 saturated carbocycles. The molecule has 9 heteroatoms. The summed E-state index contributed by atoms with van der Waals surface area (Å²) in [6, 6.07) is 17.6. The van der Waals surface area contributed by atoms with Gasteiger partial charge in [-0.1, -0.05) is 33.6 Å². The highest BCUT2D eigenvalue weighted by atomic mass is 127. The maximum absolute atomic E-state index is 13.2. The quantitative estimate of drug-likeness (QED) is 0.140. The van der Waals surface area contributed by atoms with Crippen molar-refractivity contribution in [2.75, 3.05) is 4.90 Å². The van der Waals surface area contributed by atoms with Gasteiger partial charge in [-0.3, -0.25) is 14.9 Å². The molecule has 0 spiro atoms. The Balaban J connectivity index is 1.70. The molecule has 0 aromatic heterocycles. The Hall–Kier alpha value is -3.31. The van der Waals surface area contributed by atoms with Crippen molar-refractivity contribution in [3.8, 4) is 5.75 Å². The lowest BCUT2D eigenvalue weighted by Gasteiger charge is -2.26. The van der Waals surface area contributed by atoms with Crippen molar-refractivity contribution in [3.05, 3.63) is 97.0 Å². The molecule has 0 aliphatic carbocycles. The number of imide groups is 2. The molecule has 1 N–H and O–H groups in total. The predicted octanol–water partition coefficient (Wildman–Crippen LogP) is 5.25. The van der Waals surface area contributed by atoms with Crippen molar-refractivity contribution in [1.82, 2.24) is 5.32 Å². The number of barbiturate groups is 1. The number of carbonyl (C=O) groups is 4. The van der Waals surface area contributed by atoms with Gasteiger partial charge in [0, 0.05) is 13.6 Å². The first-order chi connectivity index (χ1) is 16.2. The van der Waals surface area contributed by atoms with Crippen LogP contribution in [0.25, 0.3) is 6.08 Å². The lowest BCUT2D eigenvalue weighted by Crippen LogP contribution is -2.54. The zero-order valence-corrected chi connectivity index (χ0v) is 21.4. The maximum atomic E-state index is 13.2. The van der Waals surface area contributed by atoms with Gasteiger partial charge < -0.3 is 4.74 Å². The number of hydrogen-bond donors (Lipinski definition) is 1. The molecular formula is C25H16BrIN2O5. The van der Waals surface area contributed by atoms with Crippen LogP contribution in [-0.4, -0.2) is 23.8 Å². The summed E-state index contributed by atoms with van der Waals surface area (Å²) in [5.41, 5.74) is 1.71. The van der Waals surface area contributed by atoms with E-state index in [1.807, 2.05) is 6.92 Å². The first kappa shape index (κ1) is 23.8. The molecule has 1 saturated heterocycles. The standard InChI is InChI=1S/C25H16BrIN2O5/c1-14-2-4-15(5-3-14)24(32)34-21-11-6-17(26)12-16(21)13-20-22(30)28-25(33)29(23(20)31)19-9-7-18(27)8-10-19/h2-13H,1H3,(H,28,30,33)/b20-13-. The molecule has 3 aromatic carbocycles. The average Bonchev–Trinajstić information content (AvgIpc) is 2.80. The van der Waals surface area contributed by atoms with Crippen LogP contribution in [0.4, 0.5) is 10.5 Å². The van der Waals surface area contributed by atoms with E-state index in [9.17, 15) is 19.2 Å². The molecule has 0 radical (unpaired) electrons. The van der Waals surface area contributed by atoms with Crippen LogP contribution in [0.5, 0.6) is 5.75 Å². The van der Waals surface area contributed by atoms with Crippen molar-refractivity contribution in [2.45, 2.75) is 6.92 Å². The average molecular weight is 631 g/mol. The Bertz CT molecular complexity index is 1350. The summed E-state index contributed by atoms with van der Waals surface area (Å²) in [5.74, 6) is -2.06. The number of halogens is 2. The van der Waals surface area contributed by atoms with E-state index in [1.165, 1.54) is 6.08 Å². The Morgan fingerprint density at radius 3 is 2.35 bits per heavy atom.